The van der Waals surface area contributed by atoms with Gasteiger partial charge in [0.2, 0.25) is 0 Å². The van der Waals surface area contributed by atoms with Crippen molar-refractivity contribution in [2.45, 2.75) is 38.5 Å². The molecule has 0 aliphatic rings. The highest BCUT2D eigenvalue weighted by atomic mass is 35.5. The molecule has 142 valence electrons. The fraction of sp³-hybridized carbons (Fsp3) is 0.286. The minimum atomic E-state index is -0.475. The lowest BCUT2D eigenvalue weighted by atomic mass is 9.96. The van der Waals surface area contributed by atoms with E-state index in [9.17, 15) is 4.39 Å². The molecule has 0 aliphatic heterocycles. The summed E-state index contributed by atoms with van der Waals surface area (Å²) in [5.41, 5.74) is 1.37. The standard InChI is InChI=1S/C21H21Cl2FN2O/c1-21(14-26-12-11-25-15-26,10-9-16-5-7-17(24)8-6-16)27-13-18-19(22)3-2-4-20(18)23/h2-8,11-12,15H,9-10,13-14H2,1H3. The average molecular weight is 407 g/mol. The number of nitrogens with zero attached hydrogens (tertiary/aromatic N) is 2. The molecule has 1 unspecified atom stereocenters. The fourth-order valence-corrected chi connectivity index (χ4v) is 3.45. The summed E-state index contributed by atoms with van der Waals surface area (Å²) >= 11 is 12.5. The second-order valence-electron chi connectivity index (χ2n) is 6.80. The van der Waals surface area contributed by atoms with E-state index in [0.29, 0.717) is 23.2 Å². The number of ether oxygens (including phenoxy) is 1. The summed E-state index contributed by atoms with van der Waals surface area (Å²) in [7, 11) is 0. The van der Waals surface area contributed by atoms with Crippen LogP contribution < -0.4 is 0 Å². The minimum absolute atomic E-state index is 0.232. The van der Waals surface area contributed by atoms with Gasteiger partial charge in [-0.1, -0.05) is 41.4 Å². The Hall–Kier alpha value is -1.88. The molecule has 1 aromatic heterocycles. The second kappa shape index (κ2) is 8.87. The zero-order valence-corrected chi connectivity index (χ0v) is 16.6. The summed E-state index contributed by atoms with van der Waals surface area (Å²) < 4.78 is 21.4. The summed E-state index contributed by atoms with van der Waals surface area (Å²) in [6.45, 7) is 3.00. The molecule has 0 radical (unpaired) electrons. The molecule has 0 spiro atoms. The largest absolute Gasteiger partial charge is 0.369 e. The van der Waals surface area contributed by atoms with Crippen LogP contribution in [-0.2, 0) is 24.3 Å². The van der Waals surface area contributed by atoms with Crippen LogP contribution in [0.3, 0.4) is 0 Å². The van der Waals surface area contributed by atoms with Gasteiger partial charge in [0.15, 0.2) is 0 Å². The van der Waals surface area contributed by atoms with Crippen molar-refractivity contribution in [3.05, 3.63) is 88.2 Å². The van der Waals surface area contributed by atoms with Gasteiger partial charge < -0.3 is 9.30 Å². The first kappa shape index (κ1) is 19.9. The van der Waals surface area contributed by atoms with Crippen molar-refractivity contribution in [2.24, 2.45) is 0 Å². The molecule has 0 N–H and O–H groups in total. The van der Waals surface area contributed by atoms with E-state index in [1.807, 2.05) is 16.8 Å². The number of benzene rings is 2. The molecule has 0 fully saturated rings. The molecular weight excluding hydrogens is 386 g/mol. The normalized spacial score (nSPS) is 13.5. The van der Waals surface area contributed by atoms with Crippen LogP contribution in [0, 0.1) is 5.82 Å². The molecule has 0 aliphatic carbocycles. The third-order valence-corrected chi connectivity index (χ3v) is 5.27. The molecule has 1 atom stereocenters. The van der Waals surface area contributed by atoms with Gasteiger partial charge in [0.25, 0.3) is 0 Å². The van der Waals surface area contributed by atoms with Gasteiger partial charge in [0.05, 0.1) is 25.1 Å². The van der Waals surface area contributed by atoms with E-state index >= 15 is 0 Å². The van der Waals surface area contributed by atoms with E-state index in [1.165, 1.54) is 12.1 Å². The molecule has 1 heterocycles. The van der Waals surface area contributed by atoms with Crippen LogP contribution in [0.1, 0.15) is 24.5 Å². The summed E-state index contributed by atoms with van der Waals surface area (Å²) in [6.07, 6.45) is 6.93. The molecule has 0 bridgehead atoms. The van der Waals surface area contributed by atoms with Gasteiger partial charge >= 0.3 is 0 Å². The highest BCUT2D eigenvalue weighted by Crippen LogP contribution is 2.29. The van der Waals surface area contributed by atoms with Crippen molar-refractivity contribution in [1.29, 1.82) is 0 Å². The first-order valence-corrected chi connectivity index (χ1v) is 9.48. The average Bonchev–Trinajstić information content (AvgIpc) is 3.14. The summed E-state index contributed by atoms with van der Waals surface area (Å²) in [4.78, 5) is 4.10. The van der Waals surface area contributed by atoms with Crippen LogP contribution in [-0.4, -0.2) is 15.2 Å². The number of aryl methyl sites for hydroxylation is 1. The summed E-state index contributed by atoms with van der Waals surface area (Å²) in [6, 6.07) is 12.0. The molecule has 3 aromatic rings. The van der Waals surface area contributed by atoms with Crippen LogP contribution in [0.15, 0.2) is 61.2 Å². The Labute approximate surface area is 168 Å². The van der Waals surface area contributed by atoms with Crippen LogP contribution in [0.5, 0.6) is 0 Å². The quantitative estimate of drug-likeness (QED) is 0.462. The Kier molecular flexibility index (Phi) is 6.53. The predicted octanol–water partition coefficient (Wildman–Crippen LogP) is 5.94. The summed E-state index contributed by atoms with van der Waals surface area (Å²) in [5.74, 6) is -0.232. The van der Waals surface area contributed by atoms with E-state index in [0.717, 1.165) is 24.0 Å². The topological polar surface area (TPSA) is 27.1 Å². The Balaban J connectivity index is 1.73. The summed E-state index contributed by atoms with van der Waals surface area (Å²) in [5, 5.41) is 1.18. The first-order chi connectivity index (χ1) is 13.0. The Morgan fingerprint density at radius 3 is 2.44 bits per heavy atom. The van der Waals surface area contributed by atoms with E-state index in [4.69, 9.17) is 27.9 Å². The maximum atomic E-state index is 13.1. The fourth-order valence-electron chi connectivity index (χ4n) is 2.94. The van der Waals surface area contributed by atoms with Gasteiger partial charge in [-0.2, -0.15) is 0 Å². The number of hydrogen-bond acceptors (Lipinski definition) is 2. The van der Waals surface area contributed by atoms with Crippen molar-refractivity contribution < 1.29 is 9.13 Å². The maximum absolute atomic E-state index is 13.1. The smallest absolute Gasteiger partial charge is 0.123 e. The van der Waals surface area contributed by atoms with Crippen LogP contribution in [0.25, 0.3) is 0 Å². The number of imidazole rings is 1. The molecule has 2 aromatic carbocycles. The molecule has 0 saturated heterocycles. The SMILES string of the molecule is CC(CCc1ccc(F)cc1)(Cn1ccnc1)OCc1c(Cl)cccc1Cl. The van der Waals surface area contributed by atoms with Crippen molar-refractivity contribution in [2.75, 3.05) is 0 Å². The third-order valence-electron chi connectivity index (χ3n) is 4.56. The van der Waals surface area contributed by atoms with Gasteiger partial charge in [-0.25, -0.2) is 9.37 Å². The monoisotopic (exact) mass is 406 g/mol. The van der Waals surface area contributed by atoms with Gasteiger partial charge in [0, 0.05) is 28.0 Å². The van der Waals surface area contributed by atoms with E-state index in [-0.39, 0.29) is 5.82 Å². The van der Waals surface area contributed by atoms with E-state index in [2.05, 4.69) is 11.9 Å². The highest BCUT2D eigenvalue weighted by Gasteiger charge is 2.26. The lowest BCUT2D eigenvalue weighted by Crippen LogP contribution is -2.34. The number of aromatic nitrogens is 2. The van der Waals surface area contributed by atoms with Gasteiger partial charge in [0.1, 0.15) is 5.82 Å². The lowest BCUT2D eigenvalue weighted by molar-refractivity contribution is -0.0601. The van der Waals surface area contributed by atoms with Crippen LogP contribution >= 0.6 is 23.2 Å². The minimum Gasteiger partial charge on any atom is -0.369 e. The van der Waals surface area contributed by atoms with Crippen molar-refractivity contribution in [3.63, 3.8) is 0 Å². The predicted molar refractivity (Wildman–Crippen MR) is 107 cm³/mol. The van der Waals surface area contributed by atoms with Crippen LogP contribution in [0.2, 0.25) is 10.0 Å². The number of halogens is 3. The van der Waals surface area contributed by atoms with Gasteiger partial charge in [-0.3, -0.25) is 0 Å². The third kappa shape index (κ3) is 5.55. The van der Waals surface area contributed by atoms with E-state index in [1.54, 1.807) is 36.8 Å². The van der Waals surface area contributed by atoms with Crippen molar-refractivity contribution >= 4 is 23.2 Å². The Morgan fingerprint density at radius 1 is 1.11 bits per heavy atom. The van der Waals surface area contributed by atoms with Crippen LogP contribution in [0.4, 0.5) is 4.39 Å². The second-order valence-corrected chi connectivity index (χ2v) is 7.61. The Bertz CT molecular complexity index is 848. The zero-order valence-electron chi connectivity index (χ0n) is 15.0. The molecule has 0 saturated carbocycles. The van der Waals surface area contributed by atoms with Crippen molar-refractivity contribution in [1.82, 2.24) is 9.55 Å². The highest BCUT2D eigenvalue weighted by molar-refractivity contribution is 6.35. The van der Waals surface area contributed by atoms with E-state index < -0.39 is 5.60 Å². The zero-order chi connectivity index (χ0) is 19.3. The molecule has 27 heavy (non-hydrogen) atoms. The van der Waals surface area contributed by atoms with Gasteiger partial charge in [-0.05, 0) is 49.6 Å². The maximum Gasteiger partial charge on any atom is 0.123 e. The molecule has 0 amide bonds. The number of rotatable bonds is 8. The first-order valence-electron chi connectivity index (χ1n) is 8.72. The van der Waals surface area contributed by atoms with Crippen molar-refractivity contribution in [3.8, 4) is 0 Å². The molecular formula is C21H21Cl2FN2O. The molecule has 3 rings (SSSR count). The molecule has 6 heteroatoms. The lowest BCUT2D eigenvalue weighted by Gasteiger charge is -2.31. The van der Waals surface area contributed by atoms with Gasteiger partial charge in [-0.15, -0.1) is 0 Å². The Morgan fingerprint density at radius 2 is 1.81 bits per heavy atom. The molecule has 3 nitrogen and oxygen atoms in total. The number of hydrogen-bond donors (Lipinski definition) is 0.